The third-order valence-electron chi connectivity index (χ3n) is 1.93. The summed E-state index contributed by atoms with van der Waals surface area (Å²) in [6.07, 6.45) is 0. The minimum absolute atomic E-state index is 0. The summed E-state index contributed by atoms with van der Waals surface area (Å²) in [5.74, 6) is 0.869. The van der Waals surface area contributed by atoms with Crippen molar-refractivity contribution in [1.29, 1.82) is 0 Å². The van der Waals surface area contributed by atoms with E-state index in [0.717, 1.165) is 18.1 Å². The molecule has 5 heteroatoms. The summed E-state index contributed by atoms with van der Waals surface area (Å²) >= 11 is 0. The van der Waals surface area contributed by atoms with Crippen LogP contribution in [0.1, 0.15) is 5.56 Å². The molecular weight excluding hydrogens is 221 g/mol. The normalized spacial score (nSPS) is 12.5. The minimum Gasteiger partial charge on any atom is -0.343 e. The highest BCUT2D eigenvalue weighted by Crippen LogP contribution is 2.19. The fourth-order valence-corrected chi connectivity index (χ4v) is 1.27. The van der Waals surface area contributed by atoms with E-state index in [1.165, 1.54) is 5.56 Å². The van der Waals surface area contributed by atoms with Crippen LogP contribution in [-0.2, 0) is 6.54 Å². The van der Waals surface area contributed by atoms with Crippen molar-refractivity contribution in [2.75, 3.05) is 11.9 Å². The van der Waals surface area contributed by atoms with Gasteiger partial charge in [0.05, 0.1) is 13.1 Å². The van der Waals surface area contributed by atoms with Gasteiger partial charge in [-0.15, -0.1) is 24.8 Å². The third-order valence-corrected chi connectivity index (χ3v) is 1.93. The van der Waals surface area contributed by atoms with E-state index in [0.29, 0.717) is 6.54 Å². The number of halogens is 2. The van der Waals surface area contributed by atoms with Crippen LogP contribution in [0.5, 0.6) is 0 Å². The Morgan fingerprint density at radius 3 is 2.71 bits per heavy atom. The Hall–Kier alpha value is -0.770. The van der Waals surface area contributed by atoms with Crippen molar-refractivity contribution in [3.05, 3.63) is 29.8 Å². The zero-order chi connectivity index (χ0) is 8.39. The Morgan fingerprint density at radius 1 is 1.29 bits per heavy atom. The van der Waals surface area contributed by atoms with Gasteiger partial charge >= 0.3 is 0 Å². The quantitative estimate of drug-likeness (QED) is 0.778. The first-order valence-corrected chi connectivity index (χ1v) is 3.98. The number of nitrogens with two attached hydrogens (primary N) is 1. The standard InChI is InChI=1S/C9H11N3.2ClH/c10-5-9-11-6-7-3-1-2-4-8(7)12-9;;/h1-4H,5-6,10H2,(H,11,12);2*1H. The van der Waals surface area contributed by atoms with E-state index in [1.54, 1.807) is 0 Å². The van der Waals surface area contributed by atoms with E-state index in [2.05, 4.69) is 16.4 Å². The summed E-state index contributed by atoms with van der Waals surface area (Å²) in [5.41, 5.74) is 7.83. The topological polar surface area (TPSA) is 50.4 Å². The molecule has 0 saturated carbocycles. The number of anilines is 1. The van der Waals surface area contributed by atoms with Crippen molar-refractivity contribution >= 4 is 36.3 Å². The minimum atomic E-state index is 0. The van der Waals surface area contributed by atoms with Gasteiger partial charge in [-0.3, -0.25) is 4.99 Å². The summed E-state index contributed by atoms with van der Waals surface area (Å²) < 4.78 is 0. The molecule has 0 amide bonds. The van der Waals surface area contributed by atoms with Crippen molar-refractivity contribution in [2.45, 2.75) is 6.54 Å². The Bertz CT molecular complexity index is 326. The molecule has 1 heterocycles. The smallest absolute Gasteiger partial charge is 0.115 e. The molecule has 0 saturated heterocycles. The van der Waals surface area contributed by atoms with E-state index in [-0.39, 0.29) is 24.8 Å². The van der Waals surface area contributed by atoms with Crippen LogP contribution in [0.3, 0.4) is 0 Å². The molecule has 14 heavy (non-hydrogen) atoms. The molecule has 0 spiro atoms. The van der Waals surface area contributed by atoms with Gasteiger partial charge in [0.15, 0.2) is 0 Å². The van der Waals surface area contributed by atoms with Crippen LogP contribution in [0.25, 0.3) is 0 Å². The lowest BCUT2D eigenvalue weighted by Crippen LogP contribution is -2.25. The number of para-hydroxylation sites is 1. The predicted molar refractivity (Wildman–Crippen MR) is 64.8 cm³/mol. The molecule has 2 rings (SSSR count). The summed E-state index contributed by atoms with van der Waals surface area (Å²) in [6.45, 7) is 1.23. The first-order chi connectivity index (χ1) is 5.90. The van der Waals surface area contributed by atoms with Crippen LogP contribution in [0.15, 0.2) is 29.3 Å². The van der Waals surface area contributed by atoms with E-state index in [9.17, 15) is 0 Å². The highest BCUT2D eigenvalue weighted by molar-refractivity contribution is 5.98. The highest BCUT2D eigenvalue weighted by atomic mass is 35.5. The largest absolute Gasteiger partial charge is 0.343 e. The fraction of sp³-hybridized carbons (Fsp3) is 0.222. The fourth-order valence-electron chi connectivity index (χ4n) is 1.27. The molecular formula is C9H13Cl2N3. The van der Waals surface area contributed by atoms with Gasteiger partial charge in [-0.05, 0) is 11.6 Å². The van der Waals surface area contributed by atoms with E-state index in [1.807, 2.05) is 18.2 Å². The number of aliphatic imine (C=N–C) groups is 1. The Labute approximate surface area is 95.6 Å². The van der Waals surface area contributed by atoms with Crippen molar-refractivity contribution in [3.63, 3.8) is 0 Å². The first-order valence-electron chi connectivity index (χ1n) is 3.98. The molecule has 0 aliphatic carbocycles. The highest BCUT2D eigenvalue weighted by Gasteiger charge is 2.07. The third kappa shape index (κ3) is 2.61. The van der Waals surface area contributed by atoms with Crippen LogP contribution in [0.2, 0.25) is 0 Å². The van der Waals surface area contributed by atoms with Gasteiger partial charge in [0.1, 0.15) is 5.84 Å². The second-order valence-electron chi connectivity index (χ2n) is 2.75. The number of amidine groups is 1. The van der Waals surface area contributed by atoms with E-state index >= 15 is 0 Å². The molecule has 3 N–H and O–H groups in total. The van der Waals surface area contributed by atoms with Gasteiger partial charge in [-0.2, -0.15) is 0 Å². The maximum Gasteiger partial charge on any atom is 0.115 e. The second kappa shape index (κ2) is 5.86. The van der Waals surface area contributed by atoms with Gasteiger partial charge in [0.2, 0.25) is 0 Å². The van der Waals surface area contributed by atoms with Crippen molar-refractivity contribution in [3.8, 4) is 0 Å². The Kier molecular flexibility index (Phi) is 5.53. The second-order valence-corrected chi connectivity index (χ2v) is 2.75. The molecule has 0 unspecified atom stereocenters. The lowest BCUT2D eigenvalue weighted by molar-refractivity contribution is 1.03. The van der Waals surface area contributed by atoms with Crippen LogP contribution < -0.4 is 11.1 Å². The number of nitrogens with zero attached hydrogens (tertiary/aromatic N) is 1. The number of fused-ring (bicyclic) bond motifs is 1. The lowest BCUT2D eigenvalue weighted by Gasteiger charge is -2.16. The monoisotopic (exact) mass is 233 g/mol. The van der Waals surface area contributed by atoms with Gasteiger partial charge in [-0.25, -0.2) is 0 Å². The summed E-state index contributed by atoms with van der Waals surface area (Å²) in [6, 6.07) is 8.13. The Morgan fingerprint density at radius 2 is 2.00 bits per heavy atom. The van der Waals surface area contributed by atoms with Crippen molar-refractivity contribution in [1.82, 2.24) is 0 Å². The first kappa shape index (κ1) is 13.2. The summed E-state index contributed by atoms with van der Waals surface area (Å²) in [4.78, 5) is 4.27. The summed E-state index contributed by atoms with van der Waals surface area (Å²) in [7, 11) is 0. The van der Waals surface area contributed by atoms with Crippen LogP contribution >= 0.6 is 24.8 Å². The van der Waals surface area contributed by atoms with E-state index in [4.69, 9.17) is 5.73 Å². The number of hydrogen-bond donors (Lipinski definition) is 2. The molecule has 1 aromatic rings. The van der Waals surface area contributed by atoms with Crippen molar-refractivity contribution < 1.29 is 0 Å². The maximum atomic E-state index is 5.47. The molecule has 3 nitrogen and oxygen atoms in total. The maximum absolute atomic E-state index is 5.47. The molecule has 0 radical (unpaired) electrons. The van der Waals surface area contributed by atoms with E-state index < -0.39 is 0 Å². The molecule has 1 aromatic carbocycles. The van der Waals surface area contributed by atoms with Gasteiger partial charge in [0, 0.05) is 5.69 Å². The zero-order valence-electron chi connectivity index (χ0n) is 7.56. The summed E-state index contributed by atoms with van der Waals surface area (Å²) in [5, 5.41) is 3.17. The average Bonchev–Trinajstić information content (AvgIpc) is 2.17. The number of benzene rings is 1. The molecule has 0 fully saturated rings. The number of nitrogens with one attached hydrogen (secondary N) is 1. The van der Waals surface area contributed by atoms with Gasteiger partial charge in [0.25, 0.3) is 0 Å². The molecule has 1 aliphatic heterocycles. The molecule has 0 aromatic heterocycles. The van der Waals surface area contributed by atoms with Crippen LogP contribution in [0.4, 0.5) is 5.69 Å². The predicted octanol–water partition coefficient (Wildman–Crippen LogP) is 1.81. The molecule has 1 aliphatic rings. The lowest BCUT2D eigenvalue weighted by atomic mass is 10.1. The van der Waals surface area contributed by atoms with Crippen LogP contribution in [-0.4, -0.2) is 12.4 Å². The number of rotatable bonds is 1. The SMILES string of the molecule is Cl.Cl.NCC1=NCc2ccccc2N1. The van der Waals surface area contributed by atoms with Crippen LogP contribution in [0, 0.1) is 0 Å². The zero-order valence-corrected chi connectivity index (χ0v) is 9.20. The Balaban J connectivity index is 0.000000845. The molecule has 0 atom stereocenters. The van der Waals surface area contributed by atoms with Crippen molar-refractivity contribution in [2.24, 2.45) is 10.7 Å². The molecule has 78 valence electrons. The average molecular weight is 234 g/mol. The number of hydrogen-bond acceptors (Lipinski definition) is 3. The molecule has 0 bridgehead atoms. The van der Waals surface area contributed by atoms with Gasteiger partial charge < -0.3 is 11.1 Å². The van der Waals surface area contributed by atoms with Gasteiger partial charge in [-0.1, -0.05) is 18.2 Å².